The van der Waals surface area contributed by atoms with Gasteiger partial charge in [-0.3, -0.25) is 9.59 Å². The number of aromatic nitrogens is 1. The van der Waals surface area contributed by atoms with Crippen molar-refractivity contribution in [2.45, 2.75) is 19.5 Å². The van der Waals surface area contributed by atoms with Crippen LogP contribution in [0.3, 0.4) is 0 Å². The minimum atomic E-state index is -0.975. The number of carbonyl (C=O) groups is 2. The van der Waals surface area contributed by atoms with Crippen LogP contribution in [0.5, 0.6) is 0 Å². The first-order valence-electron chi connectivity index (χ1n) is 5.79. The van der Waals surface area contributed by atoms with Crippen molar-refractivity contribution < 1.29 is 14.7 Å². The van der Waals surface area contributed by atoms with Crippen molar-refractivity contribution in [1.82, 2.24) is 9.88 Å². The van der Waals surface area contributed by atoms with Gasteiger partial charge in [-0.05, 0) is 30.5 Å². The molecule has 1 unspecified atom stereocenters. The molecule has 0 bridgehead atoms. The zero-order chi connectivity index (χ0) is 13.8. The molecule has 0 aliphatic heterocycles. The van der Waals surface area contributed by atoms with Crippen LogP contribution in [0.15, 0.2) is 35.8 Å². The van der Waals surface area contributed by atoms with Crippen LogP contribution in [0.2, 0.25) is 0 Å². The Morgan fingerprint density at radius 2 is 2.21 bits per heavy atom. The van der Waals surface area contributed by atoms with Gasteiger partial charge in [0.25, 0.3) is 5.91 Å². The molecule has 0 aliphatic carbocycles. The molecule has 2 aromatic rings. The number of rotatable bonds is 5. The third-order valence-corrected chi connectivity index (χ3v) is 3.74. The summed E-state index contributed by atoms with van der Waals surface area (Å²) in [6.45, 7) is 1.68. The lowest BCUT2D eigenvalue weighted by molar-refractivity contribution is -0.137. The standard InChI is InChI=1S/C13H14N2O3S/c1-9(11-5-3-7-19-11)14-13(18)10-4-2-6-15(10)8-12(16)17/h2-7,9H,8H2,1H3,(H,14,18)(H,16,17). The van der Waals surface area contributed by atoms with Gasteiger partial charge >= 0.3 is 5.97 Å². The molecule has 19 heavy (non-hydrogen) atoms. The zero-order valence-corrected chi connectivity index (χ0v) is 11.2. The van der Waals surface area contributed by atoms with Gasteiger partial charge in [-0.25, -0.2) is 0 Å². The van der Waals surface area contributed by atoms with Crippen molar-refractivity contribution in [3.8, 4) is 0 Å². The number of aliphatic carboxylic acids is 1. The third kappa shape index (κ3) is 3.23. The molecule has 1 atom stereocenters. The summed E-state index contributed by atoms with van der Waals surface area (Å²) in [4.78, 5) is 23.9. The third-order valence-electron chi connectivity index (χ3n) is 2.69. The van der Waals surface area contributed by atoms with E-state index >= 15 is 0 Å². The minimum absolute atomic E-state index is 0.0966. The average molecular weight is 278 g/mol. The molecule has 0 saturated carbocycles. The highest BCUT2D eigenvalue weighted by molar-refractivity contribution is 7.10. The molecule has 2 rings (SSSR count). The number of nitrogens with one attached hydrogen (secondary N) is 1. The van der Waals surface area contributed by atoms with E-state index in [1.807, 2.05) is 24.4 Å². The van der Waals surface area contributed by atoms with E-state index in [9.17, 15) is 9.59 Å². The SMILES string of the molecule is CC(NC(=O)c1cccn1CC(=O)O)c1cccs1. The van der Waals surface area contributed by atoms with Gasteiger partial charge in [0.15, 0.2) is 0 Å². The lowest BCUT2D eigenvalue weighted by Crippen LogP contribution is -2.28. The summed E-state index contributed by atoms with van der Waals surface area (Å²) < 4.78 is 1.42. The summed E-state index contributed by atoms with van der Waals surface area (Å²) in [6, 6.07) is 7.05. The molecule has 5 nitrogen and oxygen atoms in total. The zero-order valence-electron chi connectivity index (χ0n) is 10.4. The second-order valence-corrected chi connectivity index (χ2v) is 5.10. The van der Waals surface area contributed by atoms with Crippen molar-refractivity contribution in [2.75, 3.05) is 0 Å². The highest BCUT2D eigenvalue weighted by Crippen LogP contribution is 2.18. The van der Waals surface area contributed by atoms with E-state index in [1.165, 1.54) is 4.57 Å². The summed E-state index contributed by atoms with van der Waals surface area (Å²) >= 11 is 1.57. The monoisotopic (exact) mass is 278 g/mol. The van der Waals surface area contributed by atoms with Crippen LogP contribution in [-0.2, 0) is 11.3 Å². The molecule has 100 valence electrons. The smallest absolute Gasteiger partial charge is 0.323 e. The van der Waals surface area contributed by atoms with Gasteiger partial charge in [0.05, 0.1) is 6.04 Å². The number of carboxylic acid groups (broad SMARTS) is 1. The topological polar surface area (TPSA) is 71.3 Å². The first kappa shape index (κ1) is 13.4. The van der Waals surface area contributed by atoms with E-state index in [4.69, 9.17) is 5.11 Å². The molecule has 0 radical (unpaired) electrons. The van der Waals surface area contributed by atoms with Crippen LogP contribution in [0.4, 0.5) is 0 Å². The van der Waals surface area contributed by atoms with Crippen LogP contribution >= 0.6 is 11.3 Å². The summed E-state index contributed by atoms with van der Waals surface area (Å²) in [6.07, 6.45) is 1.58. The van der Waals surface area contributed by atoms with Gasteiger partial charge in [-0.1, -0.05) is 6.07 Å². The molecule has 0 fully saturated rings. The molecule has 0 aliphatic rings. The highest BCUT2D eigenvalue weighted by Gasteiger charge is 2.16. The van der Waals surface area contributed by atoms with Crippen LogP contribution in [0.25, 0.3) is 0 Å². The van der Waals surface area contributed by atoms with Gasteiger partial charge in [-0.2, -0.15) is 0 Å². The lowest BCUT2D eigenvalue weighted by Gasteiger charge is -2.13. The second-order valence-electron chi connectivity index (χ2n) is 4.13. The Labute approximate surface area is 114 Å². The number of hydrogen-bond acceptors (Lipinski definition) is 3. The Morgan fingerprint density at radius 3 is 2.84 bits per heavy atom. The van der Waals surface area contributed by atoms with Crippen LogP contribution in [0, 0.1) is 0 Å². The fourth-order valence-corrected chi connectivity index (χ4v) is 2.52. The van der Waals surface area contributed by atoms with Crippen LogP contribution in [0.1, 0.15) is 28.3 Å². The van der Waals surface area contributed by atoms with Crippen LogP contribution < -0.4 is 5.32 Å². The van der Waals surface area contributed by atoms with Gasteiger partial charge < -0.3 is 15.0 Å². The van der Waals surface area contributed by atoms with Gasteiger partial charge in [-0.15, -0.1) is 11.3 Å². The van der Waals surface area contributed by atoms with Crippen molar-refractivity contribution >= 4 is 23.2 Å². The van der Waals surface area contributed by atoms with Crippen molar-refractivity contribution in [1.29, 1.82) is 0 Å². The Balaban J connectivity index is 2.08. The van der Waals surface area contributed by atoms with Crippen LogP contribution in [-0.4, -0.2) is 21.6 Å². The number of carboxylic acids is 1. The predicted octanol–water partition coefficient (Wildman–Crippen LogP) is 2.13. The Bertz CT molecular complexity index is 574. The van der Waals surface area contributed by atoms with E-state index in [0.29, 0.717) is 5.69 Å². The first-order valence-corrected chi connectivity index (χ1v) is 6.67. The van der Waals surface area contributed by atoms with E-state index in [0.717, 1.165) is 4.88 Å². The maximum atomic E-state index is 12.1. The molecule has 0 aromatic carbocycles. The molecule has 2 aromatic heterocycles. The molecule has 0 spiro atoms. The van der Waals surface area contributed by atoms with Crippen molar-refractivity contribution in [2.24, 2.45) is 0 Å². The molecule has 6 heteroatoms. The maximum Gasteiger partial charge on any atom is 0.323 e. The fourth-order valence-electron chi connectivity index (χ4n) is 1.78. The minimum Gasteiger partial charge on any atom is -0.480 e. The first-order chi connectivity index (χ1) is 9.08. The highest BCUT2D eigenvalue weighted by atomic mass is 32.1. The number of amides is 1. The van der Waals surface area contributed by atoms with Gasteiger partial charge in [0.1, 0.15) is 12.2 Å². The summed E-state index contributed by atoms with van der Waals surface area (Å²) in [5.41, 5.74) is 0.353. The van der Waals surface area contributed by atoms with E-state index in [2.05, 4.69) is 5.32 Å². The maximum absolute atomic E-state index is 12.1. The second kappa shape index (κ2) is 5.71. The number of hydrogen-bond donors (Lipinski definition) is 2. The molecule has 0 saturated heterocycles. The Kier molecular flexibility index (Phi) is 4.01. The van der Waals surface area contributed by atoms with Crippen molar-refractivity contribution in [3.05, 3.63) is 46.4 Å². The summed E-state index contributed by atoms with van der Waals surface area (Å²) in [7, 11) is 0. The summed E-state index contributed by atoms with van der Waals surface area (Å²) in [5, 5.41) is 13.6. The molecular formula is C13H14N2O3S. The fraction of sp³-hybridized carbons (Fsp3) is 0.231. The largest absolute Gasteiger partial charge is 0.480 e. The number of carbonyl (C=O) groups excluding carboxylic acids is 1. The summed E-state index contributed by atoms with van der Waals surface area (Å²) in [5.74, 6) is -1.25. The Morgan fingerprint density at radius 1 is 1.42 bits per heavy atom. The molecule has 2 heterocycles. The number of nitrogens with zero attached hydrogens (tertiary/aromatic N) is 1. The van der Waals surface area contributed by atoms with E-state index in [1.54, 1.807) is 29.7 Å². The molecule has 1 amide bonds. The molecule has 2 N–H and O–H groups in total. The normalized spacial score (nSPS) is 12.1. The van der Waals surface area contributed by atoms with E-state index < -0.39 is 5.97 Å². The molecular weight excluding hydrogens is 264 g/mol. The lowest BCUT2D eigenvalue weighted by atomic mass is 10.2. The van der Waals surface area contributed by atoms with E-state index in [-0.39, 0.29) is 18.5 Å². The quantitative estimate of drug-likeness (QED) is 0.880. The van der Waals surface area contributed by atoms with Gasteiger partial charge in [0.2, 0.25) is 0 Å². The predicted molar refractivity (Wildman–Crippen MR) is 72.3 cm³/mol. The number of thiophene rings is 1. The Hall–Kier alpha value is -2.08. The van der Waals surface area contributed by atoms with Gasteiger partial charge in [0, 0.05) is 11.1 Å². The van der Waals surface area contributed by atoms with Crippen molar-refractivity contribution in [3.63, 3.8) is 0 Å². The average Bonchev–Trinajstić information content (AvgIpc) is 2.97.